The van der Waals surface area contributed by atoms with Crippen LogP contribution in [0.15, 0.2) is 41.6 Å². The van der Waals surface area contributed by atoms with E-state index in [1.165, 1.54) is 17.8 Å². The maximum Gasteiger partial charge on any atom is 0.133 e. The van der Waals surface area contributed by atoms with Crippen LogP contribution in [-0.2, 0) is 32.7 Å². The van der Waals surface area contributed by atoms with Crippen LogP contribution in [0.2, 0.25) is 0 Å². The smallest absolute Gasteiger partial charge is 0.133 e. The molecule has 0 atom stereocenters. The van der Waals surface area contributed by atoms with Gasteiger partial charge in [0, 0.05) is 45.3 Å². The number of rotatable bonds is 5. The summed E-state index contributed by atoms with van der Waals surface area (Å²) in [4.78, 5) is 1.84. The SMILES string of the molecule is C=C1C(Cl)=C[C-]=C(c2ccc(OCSC)cc2F)N1CC.[Y]. The Hall–Kier alpha value is -0.286. The van der Waals surface area contributed by atoms with E-state index in [0.717, 1.165) is 0 Å². The molecule has 0 amide bonds. The number of nitrogens with zero attached hydrogens (tertiary/aromatic N) is 1. The van der Waals surface area contributed by atoms with Gasteiger partial charge in [-0.3, -0.25) is 0 Å². The van der Waals surface area contributed by atoms with Crippen LogP contribution in [0, 0.1) is 11.9 Å². The van der Waals surface area contributed by atoms with Crippen LogP contribution in [0.3, 0.4) is 0 Å². The van der Waals surface area contributed by atoms with E-state index >= 15 is 0 Å². The molecule has 1 aliphatic rings. The van der Waals surface area contributed by atoms with Crippen LogP contribution in [0.5, 0.6) is 5.75 Å². The molecule has 115 valence electrons. The Morgan fingerprint density at radius 3 is 2.77 bits per heavy atom. The molecule has 6 heteroatoms. The van der Waals surface area contributed by atoms with E-state index in [1.807, 2.05) is 18.1 Å². The van der Waals surface area contributed by atoms with Gasteiger partial charge in [0.1, 0.15) is 11.7 Å². The molecular formula is C16H16ClFNOSY-. The van der Waals surface area contributed by atoms with Gasteiger partial charge in [0.15, 0.2) is 0 Å². The van der Waals surface area contributed by atoms with Crippen LogP contribution in [0.4, 0.5) is 4.39 Å². The average molecular weight is 414 g/mol. The Morgan fingerprint density at radius 1 is 1.45 bits per heavy atom. The zero-order valence-electron chi connectivity index (χ0n) is 12.5. The third-order valence-electron chi connectivity index (χ3n) is 3.06. The second-order valence-corrected chi connectivity index (χ2v) is 5.59. The van der Waals surface area contributed by atoms with Gasteiger partial charge < -0.3 is 9.64 Å². The van der Waals surface area contributed by atoms with Gasteiger partial charge in [-0.25, -0.2) is 4.39 Å². The van der Waals surface area contributed by atoms with E-state index in [9.17, 15) is 4.39 Å². The van der Waals surface area contributed by atoms with E-state index < -0.39 is 0 Å². The Labute approximate surface area is 165 Å². The third kappa shape index (κ3) is 4.38. The van der Waals surface area contributed by atoms with Crippen molar-refractivity contribution in [3.8, 4) is 5.75 Å². The van der Waals surface area contributed by atoms with E-state index in [-0.39, 0.29) is 38.5 Å². The normalized spacial score (nSPS) is 14.2. The molecular weight excluding hydrogens is 398 g/mol. The predicted molar refractivity (Wildman–Crippen MR) is 87.5 cm³/mol. The zero-order chi connectivity index (χ0) is 15.4. The van der Waals surface area contributed by atoms with Crippen molar-refractivity contribution in [3.05, 3.63) is 59.0 Å². The Kier molecular flexibility index (Phi) is 8.19. The van der Waals surface area contributed by atoms with Gasteiger partial charge >= 0.3 is 0 Å². The standard InChI is InChI=1S/C16H16ClFNOS.Y/c1-4-19-11(2)14(17)7-8-16(19)13-6-5-12(9-15(13)18)20-10-21-3;/h5-7,9H,2,4,10H2,1,3H3;/q-1;. The first-order valence-corrected chi connectivity index (χ1v) is 8.23. The number of likely N-dealkylation sites (N-methyl/N-ethyl adjacent to an activating group) is 1. The second-order valence-electron chi connectivity index (χ2n) is 4.37. The van der Waals surface area contributed by atoms with Crippen molar-refractivity contribution in [3.63, 3.8) is 0 Å². The quantitative estimate of drug-likeness (QED) is 0.515. The molecule has 1 aromatic rings. The van der Waals surface area contributed by atoms with Gasteiger partial charge in [0.25, 0.3) is 0 Å². The number of ether oxygens (including phenoxy) is 1. The Morgan fingerprint density at radius 2 is 2.18 bits per heavy atom. The fraction of sp³-hybridized carbons (Fsp3) is 0.250. The molecule has 0 bridgehead atoms. The molecule has 1 radical (unpaired) electrons. The van der Waals surface area contributed by atoms with Crippen molar-refractivity contribution < 1.29 is 41.8 Å². The molecule has 0 N–H and O–H groups in total. The summed E-state index contributed by atoms with van der Waals surface area (Å²) >= 11 is 7.58. The van der Waals surface area contributed by atoms with Gasteiger partial charge in [-0.05, 0) is 30.0 Å². The molecule has 0 aromatic heterocycles. The fourth-order valence-corrected chi connectivity index (χ4v) is 2.44. The maximum atomic E-state index is 14.3. The number of thioether (sulfide) groups is 1. The largest absolute Gasteiger partial charge is 0.483 e. The Bertz CT molecular complexity index is 618. The summed E-state index contributed by atoms with van der Waals surface area (Å²) in [5, 5.41) is 0.515. The molecule has 0 saturated heterocycles. The summed E-state index contributed by atoms with van der Waals surface area (Å²) in [5.74, 6) is 0.648. The van der Waals surface area contributed by atoms with E-state index in [0.29, 0.717) is 40.2 Å². The van der Waals surface area contributed by atoms with Gasteiger partial charge in [0.05, 0.1) is 5.82 Å². The van der Waals surface area contributed by atoms with E-state index in [1.54, 1.807) is 18.2 Å². The average Bonchev–Trinajstić information content (AvgIpc) is 2.48. The molecule has 0 aliphatic carbocycles. The van der Waals surface area contributed by atoms with Crippen molar-refractivity contribution in [2.45, 2.75) is 6.92 Å². The van der Waals surface area contributed by atoms with Crippen LogP contribution < -0.4 is 4.74 Å². The molecule has 22 heavy (non-hydrogen) atoms. The summed E-state index contributed by atoms with van der Waals surface area (Å²) in [6.45, 7) is 6.51. The van der Waals surface area contributed by atoms with Crippen molar-refractivity contribution in [1.82, 2.24) is 4.90 Å². The zero-order valence-corrected chi connectivity index (χ0v) is 16.9. The minimum atomic E-state index is -0.353. The first-order valence-electron chi connectivity index (χ1n) is 6.46. The summed E-state index contributed by atoms with van der Waals surface area (Å²) in [6, 6.07) is 4.83. The fourth-order valence-electron chi connectivity index (χ4n) is 2.03. The van der Waals surface area contributed by atoms with Crippen molar-refractivity contribution >= 4 is 29.1 Å². The summed E-state index contributed by atoms with van der Waals surface area (Å²) in [5.41, 5.74) is 1.73. The number of hydrogen-bond donors (Lipinski definition) is 0. The van der Waals surface area contributed by atoms with Crippen molar-refractivity contribution in [2.75, 3.05) is 18.7 Å². The number of hydrogen-bond acceptors (Lipinski definition) is 3. The third-order valence-corrected chi connectivity index (χ3v) is 3.74. The molecule has 0 spiro atoms. The molecule has 0 fully saturated rings. The van der Waals surface area contributed by atoms with Gasteiger partial charge in [-0.15, -0.1) is 17.8 Å². The first-order chi connectivity index (χ1) is 10.1. The molecule has 1 heterocycles. The van der Waals surface area contributed by atoms with Crippen LogP contribution in [-0.4, -0.2) is 23.6 Å². The molecule has 1 aliphatic heterocycles. The van der Waals surface area contributed by atoms with Crippen molar-refractivity contribution in [2.24, 2.45) is 0 Å². The topological polar surface area (TPSA) is 12.5 Å². The van der Waals surface area contributed by atoms with E-state index in [4.69, 9.17) is 16.3 Å². The van der Waals surface area contributed by atoms with Crippen LogP contribution >= 0.6 is 23.4 Å². The van der Waals surface area contributed by atoms with Gasteiger partial charge in [-0.2, -0.15) is 23.8 Å². The predicted octanol–water partition coefficient (Wildman–Crippen LogP) is 4.64. The molecule has 0 saturated carbocycles. The molecule has 2 nitrogen and oxygen atoms in total. The minimum Gasteiger partial charge on any atom is -0.483 e. The molecule has 0 unspecified atom stereocenters. The van der Waals surface area contributed by atoms with Crippen molar-refractivity contribution in [1.29, 1.82) is 0 Å². The van der Waals surface area contributed by atoms with Crippen LogP contribution in [0.25, 0.3) is 5.70 Å². The summed E-state index contributed by atoms with van der Waals surface area (Å²) in [7, 11) is 0. The number of halogens is 2. The molecule has 2 rings (SSSR count). The second kappa shape index (κ2) is 9.12. The Balaban J connectivity index is 0.00000242. The summed E-state index contributed by atoms with van der Waals surface area (Å²) < 4.78 is 19.7. The summed E-state index contributed by atoms with van der Waals surface area (Å²) in [6.07, 6.45) is 6.56. The number of allylic oxidation sites excluding steroid dienone is 3. The monoisotopic (exact) mass is 413 g/mol. The maximum absolute atomic E-state index is 14.3. The van der Waals surface area contributed by atoms with Gasteiger partial charge in [0.2, 0.25) is 0 Å². The van der Waals surface area contributed by atoms with E-state index in [2.05, 4.69) is 12.7 Å². The minimum absolute atomic E-state index is 0. The van der Waals surface area contributed by atoms with Gasteiger partial charge in [-0.1, -0.05) is 17.8 Å². The van der Waals surface area contributed by atoms with Crippen LogP contribution in [0.1, 0.15) is 12.5 Å². The first kappa shape index (κ1) is 19.8. The molecule has 1 aromatic carbocycles. The number of benzene rings is 1.